The molecule has 1 aliphatic heterocycles. The van der Waals surface area contributed by atoms with E-state index in [0.29, 0.717) is 30.0 Å². The van der Waals surface area contributed by atoms with Crippen LogP contribution in [0.4, 0.5) is 11.4 Å². The lowest BCUT2D eigenvalue weighted by atomic mass is 9.82. The second-order valence-electron chi connectivity index (χ2n) is 9.13. The number of para-hydroxylation sites is 1. The topological polar surface area (TPSA) is 75.7 Å². The fourth-order valence-electron chi connectivity index (χ4n) is 4.68. The van der Waals surface area contributed by atoms with E-state index in [9.17, 15) is 14.4 Å². The summed E-state index contributed by atoms with van der Waals surface area (Å²) in [6, 6.07) is 21.5. The van der Waals surface area contributed by atoms with Crippen molar-refractivity contribution in [1.82, 2.24) is 0 Å². The van der Waals surface area contributed by atoms with E-state index in [1.54, 1.807) is 48.5 Å². The van der Waals surface area contributed by atoms with E-state index < -0.39 is 5.91 Å². The van der Waals surface area contributed by atoms with Gasteiger partial charge >= 0.3 is 0 Å². The lowest BCUT2D eigenvalue weighted by Crippen LogP contribution is -2.33. The van der Waals surface area contributed by atoms with Crippen LogP contribution in [-0.4, -0.2) is 17.7 Å². The normalized spacial score (nSPS) is 19.3. The van der Waals surface area contributed by atoms with E-state index in [-0.39, 0.29) is 29.2 Å². The maximum Gasteiger partial charge on any atom is 0.257 e. The number of rotatable bonds is 5. The van der Waals surface area contributed by atoms with Crippen LogP contribution in [0.25, 0.3) is 0 Å². The van der Waals surface area contributed by atoms with Gasteiger partial charge in [0.25, 0.3) is 5.91 Å². The SMILES string of the molecule is CC1=CC[C@H]2C(=O)N(c3ccccc3C(=O)Nc3ccc(Oc4ccc(C)cc4)cc3)C(=O)[C@@H]2C1. The lowest BCUT2D eigenvalue weighted by Gasteiger charge is -2.19. The Bertz CT molecular complexity index is 1330. The Morgan fingerprint density at radius 2 is 1.49 bits per heavy atom. The summed E-state index contributed by atoms with van der Waals surface area (Å²) in [5.74, 6) is -0.197. The molecule has 0 bridgehead atoms. The molecule has 1 heterocycles. The van der Waals surface area contributed by atoms with E-state index in [4.69, 9.17) is 4.74 Å². The second kappa shape index (κ2) is 9.22. The molecule has 35 heavy (non-hydrogen) atoms. The number of benzene rings is 3. The number of anilines is 2. The summed E-state index contributed by atoms with van der Waals surface area (Å²) in [6.45, 7) is 4.00. The number of ether oxygens (including phenoxy) is 1. The molecule has 3 aromatic rings. The number of aryl methyl sites for hydroxylation is 1. The molecule has 0 unspecified atom stereocenters. The van der Waals surface area contributed by atoms with Gasteiger partial charge < -0.3 is 10.1 Å². The molecule has 2 aliphatic rings. The molecule has 2 atom stereocenters. The van der Waals surface area contributed by atoms with Crippen molar-refractivity contribution in [3.05, 3.63) is 95.6 Å². The number of nitrogens with one attached hydrogen (secondary N) is 1. The molecule has 6 nitrogen and oxygen atoms in total. The Morgan fingerprint density at radius 3 is 2.20 bits per heavy atom. The maximum atomic E-state index is 13.2. The molecule has 1 saturated heterocycles. The lowest BCUT2D eigenvalue weighted by molar-refractivity contribution is -0.122. The number of nitrogens with zero attached hydrogens (tertiary/aromatic N) is 1. The first kappa shape index (κ1) is 22.6. The fraction of sp³-hybridized carbons (Fsp3) is 0.207. The van der Waals surface area contributed by atoms with Crippen molar-refractivity contribution < 1.29 is 19.1 Å². The number of carbonyl (C=O) groups is 3. The molecule has 5 rings (SSSR count). The molecule has 1 N–H and O–H groups in total. The van der Waals surface area contributed by atoms with Crippen molar-refractivity contribution in [2.75, 3.05) is 10.2 Å². The molecule has 3 amide bonds. The molecule has 0 saturated carbocycles. The molecule has 0 radical (unpaired) electrons. The summed E-state index contributed by atoms with van der Waals surface area (Å²) in [5.41, 5.74) is 3.45. The van der Waals surface area contributed by atoms with Crippen LogP contribution >= 0.6 is 0 Å². The summed E-state index contributed by atoms with van der Waals surface area (Å²) in [4.78, 5) is 40.7. The molecule has 0 spiro atoms. The first-order valence-corrected chi connectivity index (χ1v) is 11.7. The third kappa shape index (κ3) is 4.47. The molecular formula is C29H26N2O4. The Hall–Kier alpha value is -4.19. The molecule has 0 aromatic heterocycles. The van der Waals surface area contributed by atoms with Crippen LogP contribution in [0.5, 0.6) is 11.5 Å². The predicted molar refractivity (Wildman–Crippen MR) is 135 cm³/mol. The standard InChI is InChI=1S/C29H26N2O4/c1-18-7-12-21(13-8-18)35-22-14-10-20(11-15-22)30-27(32)24-5-3-4-6-26(24)31-28(33)23-16-9-19(2)17-25(23)29(31)34/h3-15,23,25H,16-17H2,1-2H3,(H,30,32)/t23-,25-/m1/s1. The van der Waals surface area contributed by atoms with E-state index in [1.807, 2.05) is 44.2 Å². The molecular weight excluding hydrogens is 440 g/mol. The van der Waals surface area contributed by atoms with Gasteiger partial charge in [0.15, 0.2) is 0 Å². The minimum atomic E-state index is -0.391. The Kier molecular flexibility index (Phi) is 5.95. The number of allylic oxidation sites excluding steroid dienone is 2. The van der Waals surface area contributed by atoms with Crippen molar-refractivity contribution >= 4 is 29.1 Å². The summed E-state index contributed by atoms with van der Waals surface area (Å²) in [7, 11) is 0. The van der Waals surface area contributed by atoms with Crippen LogP contribution in [0.15, 0.2) is 84.4 Å². The predicted octanol–water partition coefficient (Wildman–Crippen LogP) is 5.89. The highest BCUT2D eigenvalue weighted by Crippen LogP contribution is 2.40. The Morgan fingerprint density at radius 1 is 0.857 bits per heavy atom. The van der Waals surface area contributed by atoms with E-state index in [0.717, 1.165) is 16.9 Å². The molecule has 1 fully saturated rings. The molecule has 6 heteroatoms. The average molecular weight is 467 g/mol. The molecule has 3 aromatic carbocycles. The van der Waals surface area contributed by atoms with E-state index in [1.165, 1.54) is 4.90 Å². The quantitative estimate of drug-likeness (QED) is 0.376. The highest BCUT2D eigenvalue weighted by atomic mass is 16.5. The third-order valence-electron chi connectivity index (χ3n) is 6.58. The summed E-state index contributed by atoms with van der Waals surface area (Å²) in [5, 5.41) is 2.87. The third-order valence-corrected chi connectivity index (χ3v) is 6.58. The molecule has 1 aliphatic carbocycles. The second-order valence-corrected chi connectivity index (χ2v) is 9.13. The van der Waals surface area contributed by atoms with Gasteiger partial charge in [-0.25, -0.2) is 4.90 Å². The van der Waals surface area contributed by atoms with Crippen molar-refractivity contribution in [3.63, 3.8) is 0 Å². The van der Waals surface area contributed by atoms with Gasteiger partial charge in [0, 0.05) is 5.69 Å². The van der Waals surface area contributed by atoms with E-state index in [2.05, 4.69) is 5.32 Å². The number of imide groups is 1. The fourth-order valence-corrected chi connectivity index (χ4v) is 4.68. The van der Waals surface area contributed by atoms with Gasteiger partial charge in [-0.3, -0.25) is 14.4 Å². The Balaban J connectivity index is 1.33. The van der Waals surface area contributed by atoms with Gasteiger partial charge in [0.1, 0.15) is 11.5 Å². The van der Waals surface area contributed by atoms with Crippen LogP contribution in [0.2, 0.25) is 0 Å². The van der Waals surface area contributed by atoms with Crippen molar-refractivity contribution in [1.29, 1.82) is 0 Å². The zero-order chi connectivity index (χ0) is 24.5. The smallest absolute Gasteiger partial charge is 0.257 e. The largest absolute Gasteiger partial charge is 0.457 e. The zero-order valence-electron chi connectivity index (χ0n) is 19.7. The summed E-state index contributed by atoms with van der Waals surface area (Å²) >= 11 is 0. The highest BCUT2D eigenvalue weighted by molar-refractivity contribution is 6.25. The minimum absolute atomic E-state index is 0.231. The number of hydrogen-bond acceptors (Lipinski definition) is 4. The summed E-state index contributed by atoms with van der Waals surface area (Å²) in [6.07, 6.45) is 3.17. The highest BCUT2D eigenvalue weighted by Gasteiger charge is 2.49. The number of amides is 3. The van der Waals surface area contributed by atoms with Crippen LogP contribution in [0.1, 0.15) is 35.7 Å². The zero-order valence-corrected chi connectivity index (χ0v) is 19.7. The van der Waals surface area contributed by atoms with Crippen molar-refractivity contribution in [2.24, 2.45) is 11.8 Å². The van der Waals surface area contributed by atoms with Gasteiger partial charge in [-0.05, 0) is 75.2 Å². The van der Waals surface area contributed by atoms with Crippen LogP contribution in [0.3, 0.4) is 0 Å². The average Bonchev–Trinajstić information content (AvgIpc) is 3.10. The van der Waals surface area contributed by atoms with Crippen molar-refractivity contribution in [2.45, 2.75) is 26.7 Å². The number of carbonyl (C=O) groups excluding carboxylic acids is 3. The first-order valence-electron chi connectivity index (χ1n) is 11.7. The van der Waals surface area contributed by atoms with Crippen molar-refractivity contribution in [3.8, 4) is 11.5 Å². The molecule has 176 valence electrons. The van der Waals surface area contributed by atoms with E-state index >= 15 is 0 Å². The number of hydrogen-bond donors (Lipinski definition) is 1. The Labute approximate surface area is 204 Å². The van der Waals surface area contributed by atoms with Gasteiger partial charge in [0.05, 0.1) is 23.1 Å². The van der Waals surface area contributed by atoms with Crippen LogP contribution in [-0.2, 0) is 9.59 Å². The monoisotopic (exact) mass is 466 g/mol. The van der Waals surface area contributed by atoms with Crippen LogP contribution in [0, 0.1) is 18.8 Å². The minimum Gasteiger partial charge on any atom is -0.457 e. The van der Waals surface area contributed by atoms with Gasteiger partial charge in [0.2, 0.25) is 11.8 Å². The van der Waals surface area contributed by atoms with Gasteiger partial charge in [-0.15, -0.1) is 0 Å². The summed E-state index contributed by atoms with van der Waals surface area (Å²) < 4.78 is 5.84. The number of fused-ring (bicyclic) bond motifs is 1. The maximum absolute atomic E-state index is 13.2. The van der Waals surface area contributed by atoms with Crippen LogP contribution < -0.4 is 15.0 Å². The van der Waals surface area contributed by atoms with Gasteiger partial charge in [-0.1, -0.05) is 41.5 Å². The first-order chi connectivity index (χ1) is 16.9. The van der Waals surface area contributed by atoms with Gasteiger partial charge in [-0.2, -0.15) is 0 Å².